The van der Waals surface area contributed by atoms with Crippen LogP contribution in [0.5, 0.6) is 0 Å². The summed E-state index contributed by atoms with van der Waals surface area (Å²) in [5, 5.41) is 1.33. The van der Waals surface area contributed by atoms with Crippen molar-refractivity contribution in [1.29, 1.82) is 0 Å². The molecule has 37 heavy (non-hydrogen) atoms. The van der Waals surface area contributed by atoms with Gasteiger partial charge in [-0.2, -0.15) is 0 Å². The number of hydrogen-bond acceptors (Lipinski definition) is 3. The van der Waals surface area contributed by atoms with Gasteiger partial charge in [0, 0.05) is 43.3 Å². The van der Waals surface area contributed by atoms with E-state index in [-0.39, 0.29) is 6.71 Å². The van der Waals surface area contributed by atoms with E-state index in [2.05, 4.69) is 138 Å². The molecule has 2 aliphatic rings. The molecule has 0 amide bonds. The summed E-state index contributed by atoms with van der Waals surface area (Å²) in [4.78, 5) is 4.94. The van der Waals surface area contributed by atoms with E-state index in [9.17, 15) is 0 Å². The lowest BCUT2D eigenvalue weighted by Gasteiger charge is -2.43. The zero-order valence-corrected chi connectivity index (χ0v) is 21.2. The minimum absolute atomic E-state index is 0.190. The quantitative estimate of drug-likeness (QED) is 0.235. The first kappa shape index (κ1) is 20.9. The van der Waals surface area contributed by atoms with E-state index in [1.165, 1.54) is 65.5 Å². The van der Waals surface area contributed by atoms with Gasteiger partial charge in [0.15, 0.2) is 0 Å². The van der Waals surface area contributed by atoms with E-state index in [1.807, 2.05) is 11.3 Å². The fourth-order valence-electron chi connectivity index (χ4n) is 6.18. The number of fused-ring (bicyclic) bond motifs is 6. The average molecular weight is 490 g/mol. The van der Waals surface area contributed by atoms with Crippen LogP contribution in [0.1, 0.15) is 5.56 Å². The number of thiophene rings is 1. The number of nitrogens with zero attached hydrogens (tertiary/aromatic N) is 2. The van der Waals surface area contributed by atoms with Crippen molar-refractivity contribution in [2.75, 3.05) is 9.80 Å². The molecule has 0 radical (unpaired) electrons. The SMILES string of the molecule is Cc1ccc2c3c(sc2c1)B1c2ccccc2N(c2ccccc2)c2cccc(c21)N3c1ccccc1. The van der Waals surface area contributed by atoms with Crippen molar-refractivity contribution in [2.45, 2.75) is 6.92 Å². The summed E-state index contributed by atoms with van der Waals surface area (Å²) in [7, 11) is 0. The lowest BCUT2D eigenvalue weighted by atomic mass is 9.36. The second-order valence-electron chi connectivity index (χ2n) is 9.86. The Balaban J connectivity index is 1.51. The number of rotatable bonds is 2. The summed E-state index contributed by atoms with van der Waals surface area (Å²) in [6.07, 6.45) is 0. The Labute approximate surface area is 221 Å². The predicted octanol–water partition coefficient (Wildman–Crippen LogP) is 7.29. The molecule has 2 aliphatic heterocycles. The van der Waals surface area contributed by atoms with Crippen molar-refractivity contribution in [1.82, 2.24) is 0 Å². The molecule has 3 heterocycles. The zero-order valence-electron chi connectivity index (χ0n) is 20.4. The predicted molar refractivity (Wildman–Crippen MR) is 161 cm³/mol. The molecule has 0 aliphatic carbocycles. The first-order chi connectivity index (χ1) is 18.3. The van der Waals surface area contributed by atoms with Crippen molar-refractivity contribution < 1.29 is 0 Å². The maximum atomic E-state index is 2.50. The van der Waals surface area contributed by atoms with Crippen molar-refractivity contribution in [2.24, 2.45) is 0 Å². The third-order valence-corrected chi connectivity index (χ3v) is 8.89. The van der Waals surface area contributed by atoms with E-state index in [1.54, 1.807) is 0 Å². The van der Waals surface area contributed by atoms with Gasteiger partial charge >= 0.3 is 0 Å². The standard InChI is InChI=1S/C33H23BN2S/c1-22-19-20-25-30(21-22)37-33-32(25)36(24-13-6-3-7-14-24)29-18-10-17-28-31(29)34(33)26-15-8-9-16-27(26)35(28)23-11-4-2-5-12-23/h2-21H,1H3. The van der Waals surface area contributed by atoms with Crippen LogP contribution in [0.2, 0.25) is 0 Å². The molecule has 0 saturated heterocycles. The van der Waals surface area contributed by atoms with E-state index >= 15 is 0 Å². The van der Waals surface area contributed by atoms with Gasteiger partial charge in [-0.1, -0.05) is 72.8 Å². The Morgan fingerprint density at radius 2 is 1.22 bits per heavy atom. The van der Waals surface area contributed by atoms with Crippen molar-refractivity contribution in [3.05, 3.63) is 127 Å². The normalized spacial score (nSPS) is 13.4. The van der Waals surface area contributed by atoms with Gasteiger partial charge in [0.25, 0.3) is 6.71 Å². The summed E-state index contributed by atoms with van der Waals surface area (Å²) >= 11 is 1.95. The second kappa shape index (κ2) is 7.86. The summed E-state index contributed by atoms with van der Waals surface area (Å²) in [5.74, 6) is 0. The molecule has 6 aromatic rings. The van der Waals surface area contributed by atoms with Gasteiger partial charge in [-0.3, -0.25) is 0 Å². The third kappa shape index (κ3) is 2.94. The number of aryl methyl sites for hydroxylation is 1. The summed E-state index contributed by atoms with van der Waals surface area (Å²) in [6.45, 7) is 2.38. The molecule has 0 unspecified atom stereocenters. The lowest BCUT2D eigenvalue weighted by Crippen LogP contribution is -2.60. The molecule has 0 spiro atoms. The maximum Gasteiger partial charge on any atom is 0.264 e. The largest absolute Gasteiger partial charge is 0.311 e. The Bertz CT molecular complexity index is 1810. The topological polar surface area (TPSA) is 6.48 Å². The van der Waals surface area contributed by atoms with Gasteiger partial charge in [0.05, 0.1) is 5.69 Å². The molecule has 1 aromatic heterocycles. The Hall–Kier alpha value is -4.28. The fraction of sp³-hybridized carbons (Fsp3) is 0.0303. The Morgan fingerprint density at radius 3 is 1.97 bits per heavy atom. The molecule has 0 bridgehead atoms. The highest BCUT2D eigenvalue weighted by Gasteiger charge is 2.44. The number of benzene rings is 5. The Morgan fingerprint density at radius 1 is 0.595 bits per heavy atom. The molecule has 4 heteroatoms. The molecule has 0 saturated carbocycles. The van der Waals surface area contributed by atoms with Crippen LogP contribution >= 0.6 is 11.3 Å². The van der Waals surface area contributed by atoms with Crippen LogP contribution in [0, 0.1) is 6.92 Å². The van der Waals surface area contributed by atoms with Gasteiger partial charge in [-0.05, 0) is 71.9 Å². The van der Waals surface area contributed by atoms with E-state index in [0.717, 1.165) is 0 Å². The highest BCUT2D eigenvalue weighted by molar-refractivity contribution is 7.33. The van der Waals surface area contributed by atoms with E-state index in [0.29, 0.717) is 0 Å². The molecule has 174 valence electrons. The second-order valence-corrected chi connectivity index (χ2v) is 10.9. The number of anilines is 6. The third-order valence-electron chi connectivity index (χ3n) is 7.68. The fourth-order valence-corrected chi connectivity index (χ4v) is 7.59. The number of para-hydroxylation sites is 3. The smallest absolute Gasteiger partial charge is 0.264 e. The van der Waals surface area contributed by atoms with Crippen LogP contribution in [-0.2, 0) is 0 Å². The van der Waals surface area contributed by atoms with Gasteiger partial charge in [-0.15, -0.1) is 11.3 Å². The summed E-state index contributed by atoms with van der Waals surface area (Å²) in [6, 6.07) is 44.3. The van der Waals surface area contributed by atoms with Crippen molar-refractivity contribution in [3.63, 3.8) is 0 Å². The van der Waals surface area contributed by atoms with Gasteiger partial charge in [0.2, 0.25) is 0 Å². The van der Waals surface area contributed by atoms with Crippen LogP contribution in [0.4, 0.5) is 34.1 Å². The highest BCUT2D eigenvalue weighted by atomic mass is 32.1. The van der Waals surface area contributed by atoms with Gasteiger partial charge in [0.1, 0.15) is 0 Å². The van der Waals surface area contributed by atoms with Gasteiger partial charge < -0.3 is 9.80 Å². The molecule has 5 aromatic carbocycles. The monoisotopic (exact) mass is 490 g/mol. The molecule has 2 nitrogen and oxygen atoms in total. The molecule has 0 atom stereocenters. The maximum absolute atomic E-state index is 2.50. The van der Waals surface area contributed by atoms with Crippen LogP contribution in [-0.4, -0.2) is 6.71 Å². The van der Waals surface area contributed by atoms with Crippen LogP contribution in [0.3, 0.4) is 0 Å². The molecular formula is C33H23BN2S. The van der Waals surface area contributed by atoms with Crippen LogP contribution < -0.4 is 25.5 Å². The lowest BCUT2D eigenvalue weighted by molar-refractivity contribution is 1.26. The minimum Gasteiger partial charge on any atom is -0.311 e. The summed E-state index contributed by atoms with van der Waals surface area (Å²) < 4.78 is 2.77. The van der Waals surface area contributed by atoms with E-state index < -0.39 is 0 Å². The van der Waals surface area contributed by atoms with Crippen LogP contribution in [0.25, 0.3) is 10.1 Å². The van der Waals surface area contributed by atoms with Crippen molar-refractivity contribution >= 4 is 78.0 Å². The summed E-state index contributed by atoms with van der Waals surface area (Å²) in [5.41, 5.74) is 11.5. The molecular weight excluding hydrogens is 467 g/mol. The minimum atomic E-state index is 0.190. The first-order valence-electron chi connectivity index (χ1n) is 12.7. The number of hydrogen-bond donors (Lipinski definition) is 0. The average Bonchev–Trinajstić information content (AvgIpc) is 3.32. The molecule has 0 N–H and O–H groups in total. The highest BCUT2D eigenvalue weighted by Crippen LogP contribution is 2.47. The van der Waals surface area contributed by atoms with Crippen molar-refractivity contribution in [3.8, 4) is 0 Å². The molecule has 8 rings (SSSR count). The zero-order chi connectivity index (χ0) is 24.5. The first-order valence-corrected chi connectivity index (χ1v) is 13.6. The van der Waals surface area contributed by atoms with Crippen LogP contribution in [0.15, 0.2) is 121 Å². The van der Waals surface area contributed by atoms with Gasteiger partial charge in [-0.25, -0.2) is 0 Å². The Kier molecular flexibility index (Phi) is 4.43. The molecule has 0 fully saturated rings. The van der Waals surface area contributed by atoms with E-state index in [4.69, 9.17) is 0 Å².